The van der Waals surface area contributed by atoms with Crippen LogP contribution in [0.3, 0.4) is 0 Å². The summed E-state index contributed by atoms with van der Waals surface area (Å²) in [5, 5.41) is 4.29. The van der Waals surface area contributed by atoms with Crippen LogP contribution in [0.15, 0.2) is 38.1 Å². The molecule has 2 heterocycles. The number of H-pyrrole nitrogens is 1. The molecule has 0 aliphatic heterocycles. The summed E-state index contributed by atoms with van der Waals surface area (Å²) in [5.41, 5.74) is 0.288. The standard InChI is InChI=1S/C13H10BrFN4O2/c1-19(6-10-16-13(20)21-18-10)12-8(14)5-7-3-2-4-9(15)11(7)17-12/h2-5H,6H2,1H3,(H,16,18,20). The number of benzene rings is 1. The minimum atomic E-state index is -0.616. The van der Waals surface area contributed by atoms with E-state index in [2.05, 4.69) is 35.6 Å². The Morgan fingerprint density at radius 2 is 2.29 bits per heavy atom. The maximum Gasteiger partial charge on any atom is 0.438 e. The molecular weight excluding hydrogens is 343 g/mol. The topological polar surface area (TPSA) is 75.0 Å². The van der Waals surface area contributed by atoms with Gasteiger partial charge in [0.25, 0.3) is 0 Å². The zero-order valence-corrected chi connectivity index (χ0v) is 12.5. The van der Waals surface area contributed by atoms with Gasteiger partial charge in [0.1, 0.15) is 17.2 Å². The number of pyridine rings is 1. The molecule has 21 heavy (non-hydrogen) atoms. The molecule has 0 aliphatic rings. The average molecular weight is 353 g/mol. The Morgan fingerprint density at radius 3 is 3.00 bits per heavy atom. The van der Waals surface area contributed by atoms with Gasteiger partial charge in [-0.3, -0.25) is 9.51 Å². The van der Waals surface area contributed by atoms with Crippen LogP contribution in [0.25, 0.3) is 10.9 Å². The molecule has 0 aliphatic carbocycles. The molecule has 1 N–H and O–H groups in total. The fourth-order valence-electron chi connectivity index (χ4n) is 2.02. The maximum atomic E-state index is 13.8. The molecule has 0 spiro atoms. The number of para-hydroxylation sites is 1. The van der Waals surface area contributed by atoms with Crippen molar-refractivity contribution in [2.45, 2.75) is 6.54 Å². The zero-order chi connectivity index (χ0) is 15.0. The molecule has 0 bridgehead atoms. The van der Waals surface area contributed by atoms with Crippen LogP contribution in [0, 0.1) is 5.82 Å². The minimum Gasteiger partial charge on any atom is -0.351 e. The lowest BCUT2D eigenvalue weighted by Gasteiger charge is -2.18. The Hall–Kier alpha value is -2.22. The molecule has 8 heteroatoms. The number of aromatic nitrogens is 3. The Labute approximate surface area is 126 Å². The van der Waals surface area contributed by atoms with E-state index in [0.29, 0.717) is 21.5 Å². The average Bonchev–Trinajstić information content (AvgIpc) is 2.83. The number of nitrogens with zero attached hydrogens (tertiary/aromatic N) is 3. The lowest BCUT2D eigenvalue weighted by molar-refractivity contribution is 0.381. The second-order valence-corrected chi connectivity index (χ2v) is 5.36. The van der Waals surface area contributed by atoms with Crippen molar-refractivity contribution in [2.75, 3.05) is 11.9 Å². The van der Waals surface area contributed by atoms with E-state index in [1.807, 2.05) is 0 Å². The summed E-state index contributed by atoms with van der Waals surface area (Å²) in [6.45, 7) is 0.275. The number of anilines is 1. The third kappa shape index (κ3) is 2.66. The molecule has 1 aromatic carbocycles. The highest BCUT2D eigenvalue weighted by Gasteiger charge is 2.13. The third-order valence-electron chi connectivity index (χ3n) is 2.97. The van der Waals surface area contributed by atoms with Gasteiger partial charge in [0.05, 0.1) is 11.0 Å². The Kier molecular flexibility index (Phi) is 3.46. The van der Waals surface area contributed by atoms with E-state index in [-0.39, 0.29) is 17.9 Å². The number of rotatable bonds is 3. The predicted octanol–water partition coefficient (Wildman–Crippen LogP) is 2.45. The van der Waals surface area contributed by atoms with Crippen LogP contribution in [0.2, 0.25) is 0 Å². The van der Waals surface area contributed by atoms with Gasteiger partial charge in [0.15, 0.2) is 5.82 Å². The second-order valence-electron chi connectivity index (χ2n) is 4.50. The van der Waals surface area contributed by atoms with Crippen molar-refractivity contribution in [3.05, 3.63) is 50.9 Å². The van der Waals surface area contributed by atoms with E-state index in [4.69, 9.17) is 0 Å². The van der Waals surface area contributed by atoms with Gasteiger partial charge in [0, 0.05) is 12.4 Å². The monoisotopic (exact) mass is 352 g/mol. The third-order valence-corrected chi connectivity index (χ3v) is 3.55. The van der Waals surface area contributed by atoms with Crippen molar-refractivity contribution < 1.29 is 8.91 Å². The van der Waals surface area contributed by atoms with Crippen molar-refractivity contribution >= 4 is 32.7 Å². The lowest BCUT2D eigenvalue weighted by atomic mass is 10.2. The summed E-state index contributed by atoms with van der Waals surface area (Å²) >= 11 is 3.42. The normalized spacial score (nSPS) is 11.0. The van der Waals surface area contributed by atoms with Gasteiger partial charge in [-0.05, 0) is 28.1 Å². The molecule has 0 fully saturated rings. The maximum absolute atomic E-state index is 13.8. The van der Waals surface area contributed by atoms with E-state index >= 15 is 0 Å². The molecular formula is C13H10BrFN4O2. The first-order chi connectivity index (χ1) is 10.0. The van der Waals surface area contributed by atoms with Crippen molar-refractivity contribution in [1.82, 2.24) is 15.1 Å². The van der Waals surface area contributed by atoms with E-state index in [1.54, 1.807) is 30.1 Å². The van der Waals surface area contributed by atoms with Crippen molar-refractivity contribution in [1.29, 1.82) is 0 Å². The van der Waals surface area contributed by atoms with Crippen LogP contribution < -0.4 is 10.7 Å². The van der Waals surface area contributed by atoms with Gasteiger partial charge in [-0.1, -0.05) is 17.3 Å². The molecule has 0 atom stereocenters. The first-order valence-corrected chi connectivity index (χ1v) is 6.84. The summed E-state index contributed by atoms with van der Waals surface area (Å²) in [6.07, 6.45) is 0. The number of nitrogens with one attached hydrogen (secondary N) is 1. The van der Waals surface area contributed by atoms with Crippen LogP contribution >= 0.6 is 15.9 Å². The quantitative estimate of drug-likeness (QED) is 0.783. The van der Waals surface area contributed by atoms with Crippen LogP contribution in [0.5, 0.6) is 0 Å². The molecule has 3 aromatic rings. The summed E-state index contributed by atoms with van der Waals surface area (Å²) in [6, 6.07) is 6.58. The number of aromatic amines is 1. The van der Waals surface area contributed by atoms with Crippen molar-refractivity contribution in [3.63, 3.8) is 0 Å². The zero-order valence-electron chi connectivity index (χ0n) is 10.9. The van der Waals surface area contributed by atoms with Crippen molar-refractivity contribution in [3.8, 4) is 0 Å². The van der Waals surface area contributed by atoms with Crippen LogP contribution in [0.1, 0.15) is 5.82 Å². The Bertz CT molecular complexity index is 861. The summed E-state index contributed by atoms with van der Waals surface area (Å²) in [4.78, 5) is 19.4. The highest BCUT2D eigenvalue weighted by molar-refractivity contribution is 9.10. The van der Waals surface area contributed by atoms with E-state index in [1.165, 1.54) is 6.07 Å². The van der Waals surface area contributed by atoms with Crippen molar-refractivity contribution in [2.24, 2.45) is 0 Å². The summed E-state index contributed by atoms with van der Waals surface area (Å²) in [7, 11) is 1.76. The molecule has 0 unspecified atom stereocenters. The van der Waals surface area contributed by atoms with Crippen LogP contribution in [0.4, 0.5) is 10.2 Å². The second kappa shape index (κ2) is 5.28. The summed E-state index contributed by atoms with van der Waals surface area (Å²) < 4.78 is 19.0. The number of halogens is 2. The fraction of sp³-hybridized carbons (Fsp3) is 0.154. The fourth-order valence-corrected chi connectivity index (χ4v) is 2.66. The first kappa shape index (κ1) is 13.7. The highest BCUT2D eigenvalue weighted by Crippen LogP contribution is 2.29. The summed E-state index contributed by atoms with van der Waals surface area (Å²) in [5.74, 6) is -0.0965. The minimum absolute atomic E-state index is 0.275. The largest absolute Gasteiger partial charge is 0.438 e. The van der Waals surface area contributed by atoms with Gasteiger partial charge >= 0.3 is 5.76 Å². The predicted molar refractivity (Wildman–Crippen MR) is 78.6 cm³/mol. The van der Waals surface area contributed by atoms with E-state index in [9.17, 15) is 9.18 Å². The number of hydrogen-bond donors (Lipinski definition) is 1. The highest BCUT2D eigenvalue weighted by atomic mass is 79.9. The molecule has 2 aromatic heterocycles. The van der Waals surface area contributed by atoms with Gasteiger partial charge < -0.3 is 4.90 Å². The number of hydrogen-bond acceptors (Lipinski definition) is 5. The van der Waals surface area contributed by atoms with Crippen LogP contribution in [-0.2, 0) is 6.54 Å². The molecule has 6 nitrogen and oxygen atoms in total. The van der Waals surface area contributed by atoms with Crippen LogP contribution in [-0.4, -0.2) is 22.2 Å². The van der Waals surface area contributed by atoms with E-state index < -0.39 is 5.76 Å². The van der Waals surface area contributed by atoms with Gasteiger partial charge in [-0.25, -0.2) is 14.2 Å². The Morgan fingerprint density at radius 1 is 1.48 bits per heavy atom. The molecule has 108 valence electrons. The van der Waals surface area contributed by atoms with Gasteiger partial charge in [-0.15, -0.1) is 0 Å². The van der Waals surface area contributed by atoms with Gasteiger partial charge in [-0.2, -0.15) is 0 Å². The smallest absolute Gasteiger partial charge is 0.351 e. The SMILES string of the molecule is CN(Cc1noc(=O)[nH]1)c1nc2c(F)cccc2cc1Br. The lowest BCUT2D eigenvalue weighted by Crippen LogP contribution is -2.19. The molecule has 0 saturated carbocycles. The molecule has 0 radical (unpaired) electrons. The molecule has 0 saturated heterocycles. The first-order valence-electron chi connectivity index (χ1n) is 6.05. The Balaban J connectivity index is 2.00. The van der Waals surface area contributed by atoms with Gasteiger partial charge in [0.2, 0.25) is 0 Å². The number of fused-ring (bicyclic) bond motifs is 1. The molecule has 0 amide bonds. The van der Waals surface area contributed by atoms with E-state index in [0.717, 1.165) is 0 Å². The molecule has 3 rings (SSSR count).